The van der Waals surface area contributed by atoms with Gasteiger partial charge in [-0.3, -0.25) is 4.79 Å². The Hall–Kier alpha value is -3.91. The summed E-state index contributed by atoms with van der Waals surface area (Å²) in [7, 11) is 1.92. The van der Waals surface area contributed by atoms with Gasteiger partial charge in [0.15, 0.2) is 0 Å². The van der Waals surface area contributed by atoms with Crippen LogP contribution in [0.5, 0.6) is 5.75 Å². The van der Waals surface area contributed by atoms with E-state index in [2.05, 4.69) is 26.9 Å². The standard InChI is InChI=1S/C33H39F2N7O2/c1-31(2)19-44-27-23(18-37-17-21-7-10-33(34,35)11-8-21)13-26(40-28(27)31)29(43)39-25-6-4-5-24(14-25)32(15-22(16-32)9-12-36)30-41-38-20-42(30)3/h4-6,13-14,20-22,37H,7-11,15-19H2,1-3H3,(H,39,43). The number of nitrogens with one attached hydrogen (secondary N) is 2. The Labute approximate surface area is 256 Å². The van der Waals surface area contributed by atoms with Crippen molar-refractivity contribution in [2.45, 2.75) is 82.1 Å². The number of aryl methyl sites for hydroxylation is 1. The number of rotatable bonds is 9. The van der Waals surface area contributed by atoms with Crippen molar-refractivity contribution in [3.8, 4) is 11.8 Å². The lowest BCUT2D eigenvalue weighted by Gasteiger charge is -2.46. The van der Waals surface area contributed by atoms with Crippen LogP contribution >= 0.6 is 0 Å². The predicted molar refractivity (Wildman–Crippen MR) is 161 cm³/mol. The molecule has 0 atom stereocenters. The summed E-state index contributed by atoms with van der Waals surface area (Å²) in [6, 6.07) is 11.8. The second-order valence-electron chi connectivity index (χ2n) is 13.5. The van der Waals surface area contributed by atoms with Crippen LogP contribution in [0.3, 0.4) is 0 Å². The molecular weight excluding hydrogens is 564 g/mol. The molecule has 0 spiro atoms. The number of pyridine rings is 1. The fraction of sp³-hybridized carbons (Fsp3) is 0.545. The van der Waals surface area contributed by atoms with Gasteiger partial charge in [0.05, 0.1) is 23.8 Å². The fourth-order valence-electron chi connectivity index (χ4n) is 7.04. The van der Waals surface area contributed by atoms with Gasteiger partial charge in [-0.05, 0) is 67.8 Å². The van der Waals surface area contributed by atoms with E-state index in [9.17, 15) is 18.8 Å². The molecule has 3 heterocycles. The highest BCUT2D eigenvalue weighted by molar-refractivity contribution is 6.03. The molecule has 2 fully saturated rings. The number of hydrogen-bond acceptors (Lipinski definition) is 7. The maximum absolute atomic E-state index is 13.7. The zero-order chi connectivity index (χ0) is 31.1. The number of aromatic nitrogens is 4. The first-order valence-corrected chi connectivity index (χ1v) is 15.4. The van der Waals surface area contributed by atoms with Crippen LogP contribution in [0.1, 0.15) is 91.9 Å². The molecule has 6 rings (SSSR count). The Bertz CT molecular complexity index is 1580. The van der Waals surface area contributed by atoms with Crippen molar-refractivity contribution in [2.75, 3.05) is 18.5 Å². The molecule has 1 amide bonds. The zero-order valence-corrected chi connectivity index (χ0v) is 25.5. The number of ether oxygens (including phenoxy) is 1. The molecule has 2 saturated carbocycles. The van der Waals surface area contributed by atoms with Crippen LogP contribution < -0.4 is 15.4 Å². The van der Waals surface area contributed by atoms with Crippen LogP contribution in [0.2, 0.25) is 0 Å². The van der Waals surface area contributed by atoms with Crippen LogP contribution in [0.15, 0.2) is 36.7 Å². The van der Waals surface area contributed by atoms with E-state index in [1.54, 1.807) is 12.4 Å². The summed E-state index contributed by atoms with van der Waals surface area (Å²) < 4.78 is 35.1. The maximum Gasteiger partial charge on any atom is 0.274 e. The Morgan fingerprint density at radius 1 is 1.18 bits per heavy atom. The summed E-state index contributed by atoms with van der Waals surface area (Å²) in [5, 5.41) is 24.2. The van der Waals surface area contributed by atoms with Gasteiger partial charge in [0.1, 0.15) is 23.6 Å². The highest BCUT2D eigenvalue weighted by atomic mass is 19.3. The molecule has 1 aliphatic heterocycles. The van der Waals surface area contributed by atoms with Crippen molar-refractivity contribution in [1.82, 2.24) is 25.1 Å². The monoisotopic (exact) mass is 603 g/mol. The summed E-state index contributed by atoms with van der Waals surface area (Å²) >= 11 is 0. The lowest BCUT2D eigenvalue weighted by atomic mass is 9.57. The quantitative estimate of drug-likeness (QED) is 0.324. The van der Waals surface area contributed by atoms with E-state index in [1.165, 1.54) is 0 Å². The third-order valence-corrected chi connectivity index (χ3v) is 9.55. The smallest absolute Gasteiger partial charge is 0.274 e. The van der Waals surface area contributed by atoms with E-state index in [0.717, 1.165) is 35.5 Å². The normalized spacial score (nSPS) is 23.7. The Morgan fingerprint density at radius 2 is 1.95 bits per heavy atom. The number of alkyl halides is 2. The molecule has 0 radical (unpaired) electrons. The molecule has 3 aliphatic rings. The van der Waals surface area contributed by atoms with E-state index in [4.69, 9.17) is 9.72 Å². The van der Waals surface area contributed by atoms with Crippen molar-refractivity contribution in [2.24, 2.45) is 18.9 Å². The summed E-state index contributed by atoms with van der Waals surface area (Å²) in [6.45, 7) is 5.63. The minimum absolute atomic E-state index is 0.0625. The van der Waals surface area contributed by atoms with E-state index in [1.807, 2.05) is 49.7 Å². The average molecular weight is 604 g/mol. The Morgan fingerprint density at radius 3 is 2.66 bits per heavy atom. The zero-order valence-electron chi connectivity index (χ0n) is 25.5. The number of carbonyl (C=O) groups excluding carboxylic acids is 1. The summed E-state index contributed by atoms with van der Waals surface area (Å²) in [5.41, 5.74) is 2.79. The van der Waals surface area contributed by atoms with Gasteiger partial charge in [-0.1, -0.05) is 26.0 Å². The first-order valence-electron chi connectivity index (χ1n) is 15.4. The number of nitriles is 1. The predicted octanol–water partition coefficient (Wildman–Crippen LogP) is 5.66. The Kier molecular flexibility index (Phi) is 7.91. The molecule has 0 saturated heterocycles. The van der Waals surface area contributed by atoms with Crippen molar-refractivity contribution in [3.05, 3.63) is 65.0 Å². The number of nitrogens with zero attached hydrogens (tertiary/aromatic N) is 5. The summed E-state index contributed by atoms with van der Waals surface area (Å²) in [6.07, 6.45) is 4.62. The van der Waals surface area contributed by atoms with Crippen LogP contribution in [-0.4, -0.2) is 44.7 Å². The topological polar surface area (TPSA) is 118 Å². The van der Waals surface area contributed by atoms with E-state index < -0.39 is 5.92 Å². The van der Waals surface area contributed by atoms with Crippen LogP contribution in [0.25, 0.3) is 0 Å². The summed E-state index contributed by atoms with van der Waals surface area (Å²) in [5.74, 6) is -0.852. The lowest BCUT2D eigenvalue weighted by Crippen LogP contribution is -2.44. The molecule has 2 N–H and O–H groups in total. The number of hydrogen-bond donors (Lipinski definition) is 2. The molecule has 3 aromatic rings. The second kappa shape index (κ2) is 11.5. The molecule has 44 heavy (non-hydrogen) atoms. The van der Waals surface area contributed by atoms with Crippen LogP contribution in [-0.2, 0) is 24.4 Å². The van der Waals surface area contributed by atoms with Crippen molar-refractivity contribution in [3.63, 3.8) is 0 Å². The maximum atomic E-state index is 13.7. The highest BCUT2D eigenvalue weighted by Crippen LogP contribution is 2.53. The Balaban J connectivity index is 1.21. The van der Waals surface area contributed by atoms with Crippen molar-refractivity contribution >= 4 is 11.6 Å². The number of fused-ring (bicyclic) bond motifs is 1. The third kappa shape index (κ3) is 5.80. The lowest BCUT2D eigenvalue weighted by molar-refractivity contribution is -0.0455. The fourth-order valence-corrected chi connectivity index (χ4v) is 7.04. The molecule has 9 nitrogen and oxygen atoms in total. The number of carbonyl (C=O) groups is 1. The molecule has 2 aromatic heterocycles. The number of halogens is 2. The van der Waals surface area contributed by atoms with Crippen LogP contribution in [0, 0.1) is 23.2 Å². The molecule has 0 unspecified atom stereocenters. The van der Waals surface area contributed by atoms with Crippen LogP contribution in [0.4, 0.5) is 14.5 Å². The van der Waals surface area contributed by atoms with Gasteiger partial charge in [0, 0.05) is 49.5 Å². The van der Waals surface area contributed by atoms with E-state index in [0.29, 0.717) is 56.1 Å². The van der Waals surface area contributed by atoms with Gasteiger partial charge in [-0.25, -0.2) is 13.8 Å². The first-order chi connectivity index (χ1) is 21.0. The van der Waals surface area contributed by atoms with Gasteiger partial charge < -0.3 is 19.9 Å². The van der Waals surface area contributed by atoms with Gasteiger partial charge >= 0.3 is 0 Å². The van der Waals surface area contributed by atoms with Gasteiger partial charge in [-0.15, -0.1) is 10.2 Å². The molecule has 11 heteroatoms. The minimum atomic E-state index is -2.54. The molecular formula is C33H39F2N7O2. The second-order valence-corrected chi connectivity index (χ2v) is 13.5. The highest BCUT2D eigenvalue weighted by Gasteiger charge is 2.49. The summed E-state index contributed by atoms with van der Waals surface area (Å²) in [4.78, 5) is 18.4. The van der Waals surface area contributed by atoms with Crippen molar-refractivity contribution < 1.29 is 18.3 Å². The average Bonchev–Trinajstić information content (AvgIpc) is 3.53. The third-order valence-electron chi connectivity index (χ3n) is 9.55. The first kappa shape index (κ1) is 30.1. The van der Waals surface area contributed by atoms with Gasteiger partial charge in [0.2, 0.25) is 5.92 Å². The van der Waals surface area contributed by atoms with E-state index >= 15 is 0 Å². The molecule has 2 aliphatic carbocycles. The minimum Gasteiger partial charge on any atom is -0.490 e. The largest absolute Gasteiger partial charge is 0.490 e. The van der Waals surface area contributed by atoms with Crippen molar-refractivity contribution in [1.29, 1.82) is 5.26 Å². The van der Waals surface area contributed by atoms with Gasteiger partial charge in [-0.2, -0.15) is 5.26 Å². The molecule has 0 bridgehead atoms. The van der Waals surface area contributed by atoms with Gasteiger partial charge in [0.25, 0.3) is 5.91 Å². The molecule has 1 aromatic carbocycles. The number of anilines is 1. The number of amides is 1. The van der Waals surface area contributed by atoms with E-state index in [-0.39, 0.29) is 41.4 Å². The SMILES string of the molecule is Cn1cnnc1C1(c2cccc(NC(=O)c3cc(CNCC4CCC(F)(F)CC4)c4c(n3)C(C)(C)CO4)c2)CC(CC#N)C1. The molecule has 232 valence electrons. The number of benzene rings is 1.